The molecule has 0 aromatic heterocycles. The summed E-state index contributed by atoms with van der Waals surface area (Å²) < 4.78 is 15.3. The highest BCUT2D eigenvalue weighted by Crippen LogP contribution is 2.38. The van der Waals surface area contributed by atoms with Gasteiger partial charge in [0.1, 0.15) is 15.7 Å². The lowest BCUT2D eigenvalue weighted by atomic mass is 10.0. The molecule has 1 saturated heterocycles. The fourth-order valence-electron chi connectivity index (χ4n) is 1.89. The van der Waals surface area contributed by atoms with Crippen molar-refractivity contribution in [1.29, 1.82) is 0 Å². The molecule has 1 unspecified atom stereocenters. The number of benzene rings is 1. The number of halogens is 1. The Labute approximate surface area is 121 Å². The predicted octanol–water partition coefficient (Wildman–Crippen LogP) is 2.71. The second-order valence-corrected chi connectivity index (χ2v) is 6.69. The fraction of sp³-hybridized carbons (Fsp3) is 0.385. The molecule has 0 amide bonds. The summed E-state index contributed by atoms with van der Waals surface area (Å²) in [7, 11) is 1.90. The van der Waals surface area contributed by atoms with Crippen LogP contribution in [-0.2, 0) is 0 Å². The molecular weight excluding hydrogens is 283 g/mol. The van der Waals surface area contributed by atoms with Crippen molar-refractivity contribution in [2.24, 2.45) is 0 Å². The van der Waals surface area contributed by atoms with Crippen LogP contribution in [0.2, 0.25) is 0 Å². The van der Waals surface area contributed by atoms with E-state index < -0.39 is 0 Å². The lowest BCUT2D eigenvalue weighted by Gasteiger charge is -2.28. The van der Waals surface area contributed by atoms with Gasteiger partial charge in [-0.1, -0.05) is 24.4 Å². The van der Waals surface area contributed by atoms with E-state index in [2.05, 4.69) is 0 Å². The number of hydroxylamine groups is 1. The number of likely N-dealkylation sites (N-methyl/N-ethyl adjacent to an activating group) is 1. The van der Waals surface area contributed by atoms with Crippen molar-refractivity contribution in [3.8, 4) is 0 Å². The van der Waals surface area contributed by atoms with Gasteiger partial charge in [0.15, 0.2) is 0 Å². The van der Waals surface area contributed by atoms with Crippen molar-refractivity contribution in [3.05, 3.63) is 35.6 Å². The number of hydrogen-bond donors (Lipinski definition) is 1. The Kier molecular flexibility index (Phi) is 3.82. The van der Waals surface area contributed by atoms with E-state index in [1.165, 1.54) is 24.0 Å². The highest BCUT2D eigenvalue weighted by Gasteiger charge is 2.51. The van der Waals surface area contributed by atoms with Crippen molar-refractivity contribution in [2.75, 3.05) is 7.05 Å². The molecule has 0 spiro atoms. The topological polar surface area (TPSA) is 26.5 Å². The summed E-state index contributed by atoms with van der Waals surface area (Å²) in [5, 5.41) is 9.93. The molecule has 2 rings (SSSR count). The number of rotatable bonds is 2. The maximum atomic E-state index is 13.6. The Morgan fingerprint density at radius 2 is 2.11 bits per heavy atom. The first kappa shape index (κ1) is 14.3. The van der Waals surface area contributed by atoms with Gasteiger partial charge in [-0.25, -0.2) is 4.39 Å². The van der Waals surface area contributed by atoms with Gasteiger partial charge in [0.05, 0.1) is 5.56 Å². The zero-order valence-electron chi connectivity index (χ0n) is 11.0. The summed E-state index contributed by atoms with van der Waals surface area (Å²) in [6.07, 6.45) is 1.40. The second kappa shape index (κ2) is 5.09. The van der Waals surface area contributed by atoms with Crippen LogP contribution >= 0.6 is 24.0 Å². The molecule has 0 radical (unpaired) electrons. The predicted molar refractivity (Wildman–Crippen MR) is 79.4 cm³/mol. The Bertz CT molecular complexity index is 545. The zero-order chi connectivity index (χ0) is 14.2. The number of thioether (sulfide) groups is 1. The van der Waals surface area contributed by atoms with E-state index in [-0.39, 0.29) is 16.7 Å². The standard InChI is InChI=1S/C13H16FN2OS2/c1-13(2)11(19-12(18)15(13)3)16(17)8-9-6-4-5-7-10(9)14/h4-8,11,17H,1-3H3/q+1. The average Bonchev–Trinajstić information content (AvgIpc) is 2.56. The summed E-state index contributed by atoms with van der Waals surface area (Å²) in [6, 6.07) is 6.33. The molecule has 1 aromatic carbocycles. The second-order valence-electron chi connectivity index (χ2n) is 4.98. The van der Waals surface area contributed by atoms with Crippen LogP contribution in [0.4, 0.5) is 4.39 Å². The van der Waals surface area contributed by atoms with Gasteiger partial charge in [-0.3, -0.25) is 5.21 Å². The Balaban J connectivity index is 2.33. The first-order valence-electron chi connectivity index (χ1n) is 5.85. The van der Waals surface area contributed by atoms with Crippen LogP contribution in [0, 0.1) is 5.82 Å². The Morgan fingerprint density at radius 1 is 1.47 bits per heavy atom. The molecule has 1 aromatic rings. The van der Waals surface area contributed by atoms with E-state index in [0.29, 0.717) is 5.56 Å². The molecule has 102 valence electrons. The van der Waals surface area contributed by atoms with Crippen LogP contribution in [0.15, 0.2) is 24.3 Å². The van der Waals surface area contributed by atoms with Gasteiger partial charge in [-0.2, -0.15) is 0 Å². The van der Waals surface area contributed by atoms with E-state index in [9.17, 15) is 9.60 Å². The van der Waals surface area contributed by atoms with Crippen LogP contribution in [0.5, 0.6) is 0 Å². The van der Waals surface area contributed by atoms with Gasteiger partial charge in [-0.15, -0.1) is 0 Å². The maximum absolute atomic E-state index is 13.6. The van der Waals surface area contributed by atoms with Gasteiger partial charge in [0, 0.05) is 7.05 Å². The lowest BCUT2D eigenvalue weighted by Crippen LogP contribution is -2.47. The summed E-state index contributed by atoms with van der Waals surface area (Å²) in [5.74, 6) is -0.363. The number of hydrogen-bond acceptors (Lipinski definition) is 3. The number of nitrogens with zero attached hydrogens (tertiary/aromatic N) is 2. The third-order valence-corrected chi connectivity index (χ3v) is 5.43. The Morgan fingerprint density at radius 3 is 2.63 bits per heavy atom. The normalized spacial score (nSPS) is 22.9. The smallest absolute Gasteiger partial charge is 0.276 e. The van der Waals surface area contributed by atoms with E-state index in [4.69, 9.17) is 12.2 Å². The zero-order valence-corrected chi connectivity index (χ0v) is 12.6. The van der Waals surface area contributed by atoms with E-state index >= 15 is 0 Å². The van der Waals surface area contributed by atoms with Gasteiger partial charge < -0.3 is 4.90 Å². The van der Waals surface area contributed by atoms with Crippen molar-refractivity contribution in [1.82, 2.24) is 4.90 Å². The van der Waals surface area contributed by atoms with Crippen molar-refractivity contribution in [2.45, 2.75) is 24.8 Å². The van der Waals surface area contributed by atoms with Crippen LogP contribution < -0.4 is 0 Å². The lowest BCUT2D eigenvalue weighted by molar-refractivity contribution is -0.785. The average molecular weight is 299 g/mol. The highest BCUT2D eigenvalue weighted by atomic mass is 32.2. The minimum Gasteiger partial charge on any atom is -0.347 e. The van der Waals surface area contributed by atoms with Gasteiger partial charge in [0.2, 0.25) is 6.21 Å². The maximum Gasteiger partial charge on any atom is 0.276 e. The fourth-order valence-corrected chi connectivity index (χ4v) is 3.60. The minimum absolute atomic E-state index is 0.274. The first-order valence-corrected chi connectivity index (χ1v) is 7.14. The molecule has 6 heteroatoms. The molecule has 1 heterocycles. The molecule has 3 nitrogen and oxygen atoms in total. The largest absolute Gasteiger partial charge is 0.347 e. The first-order chi connectivity index (χ1) is 8.84. The van der Waals surface area contributed by atoms with Gasteiger partial charge in [0.25, 0.3) is 5.37 Å². The molecule has 1 atom stereocenters. The van der Waals surface area contributed by atoms with Crippen LogP contribution in [0.25, 0.3) is 0 Å². The van der Waals surface area contributed by atoms with Gasteiger partial charge in [-0.05, 0) is 42.5 Å². The van der Waals surface area contributed by atoms with Gasteiger partial charge >= 0.3 is 0 Å². The van der Waals surface area contributed by atoms with E-state index in [1.54, 1.807) is 18.2 Å². The summed E-state index contributed by atoms with van der Waals surface area (Å²) >= 11 is 6.63. The summed E-state index contributed by atoms with van der Waals surface area (Å²) in [6.45, 7) is 3.98. The summed E-state index contributed by atoms with van der Waals surface area (Å²) in [5.41, 5.74) is 0.0139. The summed E-state index contributed by atoms with van der Waals surface area (Å²) in [4.78, 5) is 1.94. The van der Waals surface area contributed by atoms with Crippen molar-refractivity contribution < 1.29 is 14.3 Å². The van der Waals surface area contributed by atoms with E-state index in [1.807, 2.05) is 25.8 Å². The molecule has 1 aliphatic rings. The molecular formula is C13H16FN2OS2+. The number of thiocarbonyl (C=S) groups is 1. The molecule has 19 heavy (non-hydrogen) atoms. The van der Waals surface area contributed by atoms with Crippen LogP contribution in [0.1, 0.15) is 19.4 Å². The van der Waals surface area contributed by atoms with Crippen LogP contribution in [0.3, 0.4) is 0 Å². The molecule has 0 saturated carbocycles. The molecule has 0 bridgehead atoms. The third-order valence-electron chi connectivity index (χ3n) is 3.37. The third kappa shape index (κ3) is 2.60. The molecule has 1 fully saturated rings. The quantitative estimate of drug-likeness (QED) is 0.299. The minimum atomic E-state index is -0.363. The van der Waals surface area contributed by atoms with Crippen LogP contribution in [-0.4, -0.2) is 43.3 Å². The highest BCUT2D eigenvalue weighted by molar-refractivity contribution is 8.23. The molecule has 1 N–H and O–H groups in total. The monoisotopic (exact) mass is 299 g/mol. The van der Waals surface area contributed by atoms with Crippen molar-refractivity contribution in [3.63, 3.8) is 0 Å². The van der Waals surface area contributed by atoms with E-state index in [0.717, 1.165) is 9.06 Å². The van der Waals surface area contributed by atoms with Crippen molar-refractivity contribution >= 4 is 34.5 Å². The Hall–Kier alpha value is -1.14. The molecule has 1 aliphatic heterocycles. The molecule has 0 aliphatic carbocycles. The SMILES string of the molecule is CN1C(=S)SC([N+](O)=Cc2ccccc2F)C1(C)C.